The molecule has 1 fully saturated rings. The van der Waals surface area contributed by atoms with Gasteiger partial charge in [-0.2, -0.15) is 0 Å². The van der Waals surface area contributed by atoms with E-state index < -0.39 is 11.9 Å². The molecule has 0 unspecified atom stereocenters. The second kappa shape index (κ2) is 11.8. The largest absolute Gasteiger partial charge is 0.478 e. The summed E-state index contributed by atoms with van der Waals surface area (Å²) in [6.45, 7) is 5.29. The number of rotatable bonds is 8. The zero-order valence-corrected chi connectivity index (χ0v) is 19.6. The van der Waals surface area contributed by atoms with Crippen molar-refractivity contribution in [3.63, 3.8) is 0 Å². The molecule has 0 spiro atoms. The van der Waals surface area contributed by atoms with Gasteiger partial charge in [0.1, 0.15) is 12.4 Å². The van der Waals surface area contributed by atoms with Crippen LogP contribution in [0.15, 0.2) is 75.5 Å². The van der Waals surface area contributed by atoms with Gasteiger partial charge >= 0.3 is 11.9 Å². The van der Waals surface area contributed by atoms with Gasteiger partial charge in [0.15, 0.2) is 0 Å². The highest BCUT2D eigenvalue weighted by Gasteiger charge is 2.25. The number of para-hydroxylation sites is 1. The molecule has 0 amide bonds. The lowest BCUT2D eigenvalue weighted by atomic mass is 10.1. The molecule has 2 aliphatic heterocycles. The summed E-state index contributed by atoms with van der Waals surface area (Å²) in [5.74, 6) is -0.846. The molecule has 9 heteroatoms. The van der Waals surface area contributed by atoms with Crippen molar-refractivity contribution in [1.29, 1.82) is 0 Å². The molecule has 2 aliphatic rings. The number of nitrogens with zero attached hydrogens (tertiary/aromatic N) is 3. The van der Waals surface area contributed by atoms with Crippen LogP contribution in [0.3, 0.4) is 0 Å². The number of fused-ring (bicyclic) bond motifs is 2. The standard InChI is InChI=1S/C25H27N3O5S/c29-23(30)9-10-24(31)33-18-17-32-16-15-27-11-13-28(14-12-27)25-19-5-1-3-7-21(19)34-22-8-4-2-6-20(22)26-25/h1-10H,11-18H2,(H,29,30). The summed E-state index contributed by atoms with van der Waals surface area (Å²) in [7, 11) is 0. The van der Waals surface area contributed by atoms with Gasteiger partial charge < -0.3 is 19.5 Å². The highest BCUT2D eigenvalue weighted by molar-refractivity contribution is 7.99. The third-order valence-corrected chi connectivity index (χ3v) is 6.64. The van der Waals surface area contributed by atoms with E-state index in [-0.39, 0.29) is 13.2 Å². The fourth-order valence-corrected chi connectivity index (χ4v) is 4.80. The smallest absolute Gasteiger partial charge is 0.331 e. The molecular formula is C25H27N3O5S. The Morgan fingerprint density at radius 2 is 1.68 bits per heavy atom. The fourth-order valence-electron chi connectivity index (χ4n) is 3.78. The first kappa shape index (κ1) is 24.0. The monoisotopic (exact) mass is 481 g/mol. The Morgan fingerprint density at radius 1 is 0.941 bits per heavy atom. The molecule has 0 radical (unpaired) electrons. The molecule has 34 heavy (non-hydrogen) atoms. The van der Waals surface area contributed by atoms with Crippen molar-refractivity contribution in [2.24, 2.45) is 4.99 Å². The Morgan fingerprint density at radius 3 is 2.47 bits per heavy atom. The Labute approximate surface area is 202 Å². The lowest BCUT2D eigenvalue weighted by Crippen LogP contribution is -2.49. The Bertz CT molecular complexity index is 1080. The third-order valence-electron chi connectivity index (χ3n) is 5.50. The van der Waals surface area contributed by atoms with Crippen LogP contribution in [-0.4, -0.2) is 85.2 Å². The average Bonchev–Trinajstić information content (AvgIpc) is 3.02. The van der Waals surface area contributed by atoms with Crippen molar-refractivity contribution in [1.82, 2.24) is 9.80 Å². The van der Waals surface area contributed by atoms with E-state index in [1.165, 1.54) is 15.4 Å². The normalized spacial score (nSPS) is 15.9. The molecule has 8 nitrogen and oxygen atoms in total. The van der Waals surface area contributed by atoms with E-state index in [2.05, 4.69) is 52.3 Å². The van der Waals surface area contributed by atoms with Crippen molar-refractivity contribution in [2.75, 3.05) is 52.5 Å². The van der Waals surface area contributed by atoms with Crippen LogP contribution in [0.1, 0.15) is 5.56 Å². The van der Waals surface area contributed by atoms with Crippen LogP contribution in [-0.2, 0) is 19.1 Å². The summed E-state index contributed by atoms with van der Waals surface area (Å²) in [5.41, 5.74) is 2.18. The Balaban J connectivity index is 1.24. The number of esters is 1. The molecular weight excluding hydrogens is 454 g/mol. The Hall–Kier alpha value is -3.14. The minimum Gasteiger partial charge on any atom is -0.478 e. The van der Waals surface area contributed by atoms with E-state index in [9.17, 15) is 9.59 Å². The predicted octanol–water partition coefficient (Wildman–Crippen LogP) is 3.05. The number of benzene rings is 2. The van der Waals surface area contributed by atoms with Gasteiger partial charge in [0.05, 0.1) is 18.9 Å². The van der Waals surface area contributed by atoms with Gasteiger partial charge in [0.25, 0.3) is 0 Å². The maximum atomic E-state index is 11.3. The zero-order valence-electron chi connectivity index (χ0n) is 18.8. The maximum absolute atomic E-state index is 11.3. The van der Waals surface area contributed by atoms with Gasteiger partial charge in [-0.25, -0.2) is 14.6 Å². The van der Waals surface area contributed by atoms with Gasteiger partial charge in [-0.15, -0.1) is 0 Å². The molecule has 0 bridgehead atoms. The minimum absolute atomic E-state index is 0.0925. The van der Waals surface area contributed by atoms with Crippen molar-refractivity contribution in [3.05, 3.63) is 66.2 Å². The molecule has 0 atom stereocenters. The molecule has 2 aromatic rings. The molecule has 2 heterocycles. The summed E-state index contributed by atoms with van der Waals surface area (Å²) < 4.78 is 10.4. The lowest BCUT2D eigenvalue weighted by Gasteiger charge is -2.36. The number of ether oxygens (including phenoxy) is 2. The van der Waals surface area contributed by atoms with Crippen molar-refractivity contribution >= 4 is 35.2 Å². The van der Waals surface area contributed by atoms with Crippen LogP contribution in [0.5, 0.6) is 0 Å². The number of aliphatic carboxylic acids is 1. The first-order valence-corrected chi connectivity index (χ1v) is 12.0. The first-order chi connectivity index (χ1) is 16.6. The van der Waals surface area contributed by atoms with Crippen LogP contribution >= 0.6 is 11.8 Å². The minimum atomic E-state index is -1.19. The number of hydrogen-bond acceptors (Lipinski definition) is 8. The van der Waals surface area contributed by atoms with Gasteiger partial charge in [0, 0.05) is 60.2 Å². The molecule has 1 saturated heterocycles. The van der Waals surface area contributed by atoms with Gasteiger partial charge in [-0.1, -0.05) is 42.1 Å². The number of carboxylic acids is 1. The second-order valence-electron chi connectivity index (χ2n) is 7.78. The number of amidine groups is 1. The van der Waals surface area contributed by atoms with E-state index in [1.54, 1.807) is 11.8 Å². The number of aliphatic imine (C=N–C) groups is 1. The van der Waals surface area contributed by atoms with E-state index in [4.69, 9.17) is 19.6 Å². The maximum Gasteiger partial charge on any atom is 0.331 e. The lowest BCUT2D eigenvalue weighted by molar-refractivity contribution is -0.140. The van der Waals surface area contributed by atoms with Crippen LogP contribution in [0.4, 0.5) is 5.69 Å². The quantitative estimate of drug-likeness (QED) is 0.350. The number of carbonyl (C=O) groups is 2. The molecule has 4 rings (SSSR count). The average molecular weight is 482 g/mol. The molecule has 0 aliphatic carbocycles. The molecule has 1 N–H and O–H groups in total. The molecule has 178 valence electrons. The first-order valence-electron chi connectivity index (χ1n) is 11.2. The third kappa shape index (κ3) is 6.47. The predicted molar refractivity (Wildman–Crippen MR) is 130 cm³/mol. The van der Waals surface area contributed by atoms with Crippen LogP contribution < -0.4 is 0 Å². The zero-order chi connectivity index (χ0) is 23.8. The summed E-state index contributed by atoms with van der Waals surface area (Å²) in [6.07, 6.45) is 1.63. The molecule has 0 aromatic heterocycles. The van der Waals surface area contributed by atoms with Crippen molar-refractivity contribution < 1.29 is 24.2 Å². The van der Waals surface area contributed by atoms with Crippen LogP contribution in [0, 0.1) is 0 Å². The summed E-state index contributed by atoms with van der Waals surface area (Å²) >= 11 is 1.77. The van der Waals surface area contributed by atoms with E-state index in [0.29, 0.717) is 6.61 Å². The summed E-state index contributed by atoms with van der Waals surface area (Å²) in [4.78, 5) is 33.8. The second-order valence-corrected chi connectivity index (χ2v) is 8.87. The highest BCUT2D eigenvalue weighted by atomic mass is 32.2. The fraction of sp³-hybridized carbons (Fsp3) is 0.320. The van der Waals surface area contributed by atoms with Crippen molar-refractivity contribution in [3.8, 4) is 0 Å². The van der Waals surface area contributed by atoms with E-state index in [0.717, 1.165) is 56.4 Å². The van der Waals surface area contributed by atoms with E-state index >= 15 is 0 Å². The SMILES string of the molecule is O=C(O)C=CC(=O)OCCOCCN1CCN(C2=Nc3ccccc3Sc3ccccc32)CC1. The van der Waals surface area contributed by atoms with Gasteiger partial charge in [-0.05, 0) is 18.2 Å². The topological polar surface area (TPSA) is 91.7 Å². The summed E-state index contributed by atoms with van der Waals surface area (Å²) in [5, 5.41) is 8.48. The molecule has 0 saturated carbocycles. The highest BCUT2D eigenvalue weighted by Crippen LogP contribution is 2.40. The van der Waals surface area contributed by atoms with Crippen molar-refractivity contribution in [2.45, 2.75) is 9.79 Å². The van der Waals surface area contributed by atoms with Crippen LogP contribution in [0.25, 0.3) is 0 Å². The molecule has 2 aromatic carbocycles. The number of piperazine rings is 1. The van der Waals surface area contributed by atoms with Gasteiger partial charge in [-0.3, -0.25) is 4.90 Å². The number of carboxylic acid groups (broad SMARTS) is 1. The Kier molecular flexibility index (Phi) is 8.35. The van der Waals surface area contributed by atoms with Gasteiger partial charge in [0.2, 0.25) is 0 Å². The number of hydrogen-bond donors (Lipinski definition) is 1. The number of carbonyl (C=O) groups excluding carboxylic acids is 1. The van der Waals surface area contributed by atoms with E-state index in [1.807, 2.05) is 6.07 Å². The van der Waals surface area contributed by atoms with Crippen LogP contribution in [0.2, 0.25) is 0 Å². The summed E-state index contributed by atoms with van der Waals surface area (Å²) in [6, 6.07) is 16.7.